The fraction of sp³-hybridized carbons (Fsp3) is 0.214. The molecule has 2 rings (SSSR count). The largest absolute Gasteiger partial charge is 0.455 e. The van der Waals surface area contributed by atoms with Crippen molar-refractivity contribution in [1.29, 1.82) is 0 Å². The van der Waals surface area contributed by atoms with Crippen molar-refractivity contribution >= 4 is 17.5 Å². The van der Waals surface area contributed by atoms with E-state index in [-0.39, 0.29) is 5.76 Å². The van der Waals surface area contributed by atoms with Crippen LogP contribution in [-0.4, -0.2) is 17.9 Å². The van der Waals surface area contributed by atoms with E-state index in [4.69, 9.17) is 21.9 Å². The number of rotatable bonds is 5. The highest BCUT2D eigenvalue weighted by Crippen LogP contribution is 2.14. The lowest BCUT2D eigenvalue weighted by Crippen LogP contribution is -2.29. The minimum absolute atomic E-state index is 0.207. The summed E-state index contributed by atoms with van der Waals surface area (Å²) >= 11 is 5.95. The molecule has 0 fully saturated rings. The average Bonchev–Trinajstić information content (AvgIpc) is 2.86. The van der Waals surface area contributed by atoms with E-state index in [1.165, 1.54) is 0 Å². The summed E-state index contributed by atoms with van der Waals surface area (Å²) in [4.78, 5) is 13.3. The van der Waals surface area contributed by atoms with Gasteiger partial charge in [-0.25, -0.2) is 5.84 Å². The lowest BCUT2D eigenvalue weighted by molar-refractivity contribution is 0.0922. The zero-order valence-corrected chi connectivity index (χ0v) is 11.9. The van der Waals surface area contributed by atoms with Gasteiger partial charge in [-0.1, -0.05) is 23.7 Å². The lowest BCUT2D eigenvalue weighted by atomic mass is 10.2. The maximum Gasteiger partial charge on any atom is 0.300 e. The maximum atomic E-state index is 11.3. The lowest BCUT2D eigenvalue weighted by Gasteiger charge is -2.15. The van der Waals surface area contributed by atoms with E-state index in [1.807, 2.05) is 36.7 Å². The van der Waals surface area contributed by atoms with Gasteiger partial charge in [-0.3, -0.25) is 15.1 Å². The molecule has 6 heteroatoms. The summed E-state index contributed by atoms with van der Waals surface area (Å²) < 4.78 is 5.41. The number of hydrogen-bond acceptors (Lipinski definition) is 4. The molecule has 2 aromatic rings. The Balaban J connectivity index is 1.96. The molecule has 0 aliphatic rings. The van der Waals surface area contributed by atoms with Crippen LogP contribution >= 0.6 is 11.6 Å². The summed E-state index contributed by atoms with van der Waals surface area (Å²) in [5, 5.41) is 0.718. The Bertz CT molecular complexity index is 598. The molecule has 0 saturated carbocycles. The molecule has 0 unspecified atom stereocenters. The second-order valence-electron chi connectivity index (χ2n) is 4.54. The number of carbonyl (C=O) groups is 1. The number of furan rings is 1. The number of hydrazine groups is 1. The number of halogens is 1. The summed E-state index contributed by atoms with van der Waals surface area (Å²) in [6.07, 6.45) is 0. The van der Waals surface area contributed by atoms with Crippen LogP contribution in [0.5, 0.6) is 0 Å². The van der Waals surface area contributed by atoms with Gasteiger partial charge in [0.1, 0.15) is 5.76 Å². The summed E-state index contributed by atoms with van der Waals surface area (Å²) in [6, 6.07) is 11.1. The molecular weight excluding hydrogens is 278 g/mol. The second-order valence-corrected chi connectivity index (χ2v) is 4.98. The molecule has 0 aliphatic carbocycles. The Morgan fingerprint density at radius 3 is 2.85 bits per heavy atom. The normalized spacial score (nSPS) is 10.8. The number of amides is 1. The third kappa shape index (κ3) is 3.84. The topological polar surface area (TPSA) is 71.5 Å². The number of nitrogen functional groups attached to an aromatic ring is 1. The third-order valence-electron chi connectivity index (χ3n) is 2.78. The summed E-state index contributed by atoms with van der Waals surface area (Å²) in [7, 11) is 1.96. The van der Waals surface area contributed by atoms with Gasteiger partial charge < -0.3 is 4.42 Å². The van der Waals surface area contributed by atoms with Crippen molar-refractivity contribution in [2.45, 2.75) is 13.1 Å². The smallest absolute Gasteiger partial charge is 0.300 e. The molecule has 0 bridgehead atoms. The first kappa shape index (κ1) is 14.6. The predicted octanol–water partition coefficient (Wildman–Crippen LogP) is 2.17. The van der Waals surface area contributed by atoms with Crippen molar-refractivity contribution in [1.82, 2.24) is 10.3 Å². The number of nitrogens with two attached hydrogens (primary N) is 1. The first-order chi connectivity index (χ1) is 9.58. The van der Waals surface area contributed by atoms with Crippen molar-refractivity contribution in [3.8, 4) is 0 Å². The molecule has 1 aromatic carbocycles. The van der Waals surface area contributed by atoms with Gasteiger partial charge in [-0.05, 0) is 36.9 Å². The highest BCUT2D eigenvalue weighted by molar-refractivity contribution is 6.30. The molecular formula is C14H16ClN3O2. The Hall–Kier alpha value is -1.82. The molecule has 0 aliphatic heterocycles. The van der Waals surface area contributed by atoms with Crippen molar-refractivity contribution in [2.24, 2.45) is 5.84 Å². The van der Waals surface area contributed by atoms with Gasteiger partial charge >= 0.3 is 5.91 Å². The van der Waals surface area contributed by atoms with Crippen LogP contribution in [0.3, 0.4) is 0 Å². The van der Waals surface area contributed by atoms with E-state index in [0.717, 1.165) is 17.1 Å². The Morgan fingerprint density at radius 1 is 1.35 bits per heavy atom. The van der Waals surface area contributed by atoms with Crippen LogP contribution in [0.25, 0.3) is 0 Å². The highest BCUT2D eigenvalue weighted by Gasteiger charge is 2.11. The molecule has 20 heavy (non-hydrogen) atoms. The van der Waals surface area contributed by atoms with Gasteiger partial charge in [0.25, 0.3) is 0 Å². The second kappa shape index (κ2) is 6.56. The van der Waals surface area contributed by atoms with E-state index in [9.17, 15) is 4.79 Å². The summed E-state index contributed by atoms with van der Waals surface area (Å²) in [6.45, 7) is 1.32. The van der Waals surface area contributed by atoms with Crippen LogP contribution in [0, 0.1) is 0 Å². The Morgan fingerprint density at radius 2 is 2.15 bits per heavy atom. The zero-order valence-electron chi connectivity index (χ0n) is 11.1. The van der Waals surface area contributed by atoms with Crippen LogP contribution in [0.15, 0.2) is 40.8 Å². The van der Waals surface area contributed by atoms with E-state index < -0.39 is 5.91 Å². The Kier molecular flexibility index (Phi) is 4.79. The van der Waals surface area contributed by atoms with Crippen LogP contribution < -0.4 is 11.3 Å². The van der Waals surface area contributed by atoms with E-state index in [2.05, 4.69) is 4.90 Å². The van der Waals surface area contributed by atoms with Gasteiger partial charge in [0.05, 0.1) is 6.54 Å². The van der Waals surface area contributed by atoms with Gasteiger partial charge in [0.2, 0.25) is 0 Å². The molecule has 106 valence electrons. The standard InChI is InChI=1S/C14H16ClN3O2/c1-18(8-10-3-2-4-11(15)7-10)9-12-5-6-13(20-12)14(19)17-16/h2-7H,8-9,16H2,1H3,(H,17,19). The number of nitrogens with zero attached hydrogens (tertiary/aromatic N) is 1. The molecule has 3 N–H and O–H groups in total. The minimum Gasteiger partial charge on any atom is -0.455 e. The molecule has 0 saturated heterocycles. The van der Waals surface area contributed by atoms with Crippen LogP contribution in [0.4, 0.5) is 0 Å². The van der Waals surface area contributed by atoms with Gasteiger partial charge in [-0.2, -0.15) is 0 Å². The number of benzene rings is 1. The zero-order chi connectivity index (χ0) is 14.5. The number of carbonyl (C=O) groups excluding carboxylic acids is 1. The van der Waals surface area contributed by atoms with Crippen LogP contribution in [0.1, 0.15) is 21.9 Å². The molecule has 1 heterocycles. The molecule has 0 spiro atoms. The van der Waals surface area contributed by atoms with Gasteiger partial charge in [-0.15, -0.1) is 0 Å². The summed E-state index contributed by atoms with van der Waals surface area (Å²) in [5.74, 6) is 5.52. The molecule has 0 radical (unpaired) electrons. The molecule has 1 amide bonds. The van der Waals surface area contributed by atoms with Crippen LogP contribution in [-0.2, 0) is 13.1 Å². The van der Waals surface area contributed by atoms with E-state index in [0.29, 0.717) is 12.3 Å². The molecule has 5 nitrogen and oxygen atoms in total. The number of hydrogen-bond donors (Lipinski definition) is 2. The fourth-order valence-corrected chi connectivity index (χ4v) is 2.14. The van der Waals surface area contributed by atoms with Crippen molar-refractivity contribution in [3.63, 3.8) is 0 Å². The molecule has 1 aromatic heterocycles. The molecule has 0 atom stereocenters. The van der Waals surface area contributed by atoms with Gasteiger partial charge in [0.15, 0.2) is 5.76 Å². The van der Waals surface area contributed by atoms with Crippen molar-refractivity contribution in [3.05, 3.63) is 58.5 Å². The SMILES string of the molecule is CN(Cc1cccc(Cl)c1)Cc1ccc(C(=O)NN)o1. The number of nitrogens with one attached hydrogen (secondary N) is 1. The van der Waals surface area contributed by atoms with Gasteiger partial charge in [0, 0.05) is 11.6 Å². The first-order valence-corrected chi connectivity index (χ1v) is 6.49. The highest BCUT2D eigenvalue weighted by atomic mass is 35.5. The minimum atomic E-state index is -0.436. The van der Waals surface area contributed by atoms with Crippen molar-refractivity contribution < 1.29 is 9.21 Å². The Labute approximate surface area is 122 Å². The van der Waals surface area contributed by atoms with E-state index in [1.54, 1.807) is 12.1 Å². The maximum absolute atomic E-state index is 11.3. The van der Waals surface area contributed by atoms with Crippen LogP contribution in [0.2, 0.25) is 5.02 Å². The summed E-state index contributed by atoms with van der Waals surface area (Å²) in [5.41, 5.74) is 3.15. The van der Waals surface area contributed by atoms with E-state index >= 15 is 0 Å². The van der Waals surface area contributed by atoms with Crippen molar-refractivity contribution in [2.75, 3.05) is 7.05 Å². The first-order valence-electron chi connectivity index (χ1n) is 6.11. The third-order valence-corrected chi connectivity index (χ3v) is 3.02. The quantitative estimate of drug-likeness (QED) is 0.503. The average molecular weight is 294 g/mol. The predicted molar refractivity (Wildman–Crippen MR) is 77.0 cm³/mol. The monoisotopic (exact) mass is 293 g/mol. The fourth-order valence-electron chi connectivity index (χ4n) is 1.92.